The van der Waals surface area contributed by atoms with Gasteiger partial charge in [0.15, 0.2) is 17.3 Å². The van der Waals surface area contributed by atoms with Gasteiger partial charge in [0.1, 0.15) is 19.0 Å². The summed E-state index contributed by atoms with van der Waals surface area (Å²) in [6.45, 7) is 2.68. The second-order valence-corrected chi connectivity index (χ2v) is 6.70. The maximum atomic E-state index is 13.5. The largest absolute Gasteiger partial charge is 0.486 e. The second-order valence-electron chi connectivity index (χ2n) is 6.70. The maximum absolute atomic E-state index is 13.5. The Balaban J connectivity index is 1.74. The van der Waals surface area contributed by atoms with Crippen LogP contribution in [0.5, 0.6) is 11.5 Å². The molecule has 0 saturated carbocycles. The lowest BCUT2D eigenvalue weighted by Crippen LogP contribution is -2.19. The quantitative estimate of drug-likeness (QED) is 0.670. The van der Waals surface area contributed by atoms with Crippen LogP contribution < -0.4 is 14.8 Å². The average Bonchev–Trinajstić information content (AvgIpc) is 2.73. The highest BCUT2D eigenvalue weighted by Crippen LogP contribution is 2.36. The summed E-state index contributed by atoms with van der Waals surface area (Å²) >= 11 is 0. The number of carbonyl (C=O) groups is 2. The Labute approximate surface area is 167 Å². The van der Waals surface area contributed by atoms with Crippen molar-refractivity contribution in [3.05, 3.63) is 88.7 Å². The fourth-order valence-electron chi connectivity index (χ4n) is 3.06. The molecule has 0 unspecified atom stereocenters. The van der Waals surface area contributed by atoms with E-state index in [0.717, 1.165) is 11.6 Å². The fraction of sp³-hybridized carbons (Fsp3) is 0.130. The number of halogens is 1. The van der Waals surface area contributed by atoms with E-state index in [-0.39, 0.29) is 22.6 Å². The van der Waals surface area contributed by atoms with Gasteiger partial charge >= 0.3 is 0 Å². The van der Waals surface area contributed by atoms with E-state index in [1.807, 2.05) is 19.1 Å². The van der Waals surface area contributed by atoms with Crippen molar-refractivity contribution in [1.82, 2.24) is 0 Å². The summed E-state index contributed by atoms with van der Waals surface area (Å²) in [5, 5.41) is 2.70. The molecule has 0 aliphatic carbocycles. The number of amides is 1. The number of hydrogen-bond acceptors (Lipinski definition) is 4. The zero-order chi connectivity index (χ0) is 20.4. The molecule has 1 aliphatic heterocycles. The van der Waals surface area contributed by atoms with Crippen LogP contribution in [-0.2, 0) is 0 Å². The number of hydrogen-bond donors (Lipinski definition) is 1. The Morgan fingerprint density at radius 1 is 0.897 bits per heavy atom. The van der Waals surface area contributed by atoms with Gasteiger partial charge < -0.3 is 14.8 Å². The third kappa shape index (κ3) is 3.96. The summed E-state index contributed by atoms with van der Waals surface area (Å²) < 4.78 is 24.7. The molecule has 146 valence electrons. The lowest BCUT2D eigenvalue weighted by molar-refractivity contribution is 0.102. The van der Waals surface area contributed by atoms with Crippen LogP contribution in [0.4, 0.5) is 10.1 Å². The topological polar surface area (TPSA) is 64.6 Å². The lowest BCUT2D eigenvalue weighted by Gasteiger charge is -2.21. The normalized spacial score (nSPS) is 12.3. The van der Waals surface area contributed by atoms with Gasteiger partial charge in [-0.1, -0.05) is 35.9 Å². The monoisotopic (exact) mass is 391 g/mol. The minimum Gasteiger partial charge on any atom is -0.486 e. The third-order valence-electron chi connectivity index (χ3n) is 4.58. The van der Waals surface area contributed by atoms with Crippen molar-refractivity contribution in [2.45, 2.75) is 6.92 Å². The number of rotatable bonds is 4. The van der Waals surface area contributed by atoms with E-state index in [0.29, 0.717) is 30.3 Å². The molecule has 0 radical (unpaired) electrons. The van der Waals surface area contributed by atoms with E-state index in [9.17, 15) is 14.0 Å². The Morgan fingerprint density at radius 2 is 1.59 bits per heavy atom. The molecule has 29 heavy (non-hydrogen) atoms. The van der Waals surface area contributed by atoms with Crippen LogP contribution in [0.25, 0.3) is 0 Å². The molecule has 5 nitrogen and oxygen atoms in total. The van der Waals surface area contributed by atoms with Crippen molar-refractivity contribution in [3.63, 3.8) is 0 Å². The van der Waals surface area contributed by atoms with Gasteiger partial charge in [-0.05, 0) is 31.2 Å². The number of benzene rings is 3. The van der Waals surface area contributed by atoms with Crippen molar-refractivity contribution < 1.29 is 23.5 Å². The molecule has 0 fully saturated rings. The maximum Gasteiger partial charge on any atom is 0.255 e. The highest BCUT2D eigenvalue weighted by atomic mass is 19.1. The Bertz CT molecular complexity index is 1090. The van der Waals surface area contributed by atoms with Crippen LogP contribution in [0.15, 0.2) is 60.7 Å². The first kappa shape index (κ1) is 18.7. The number of anilines is 1. The smallest absolute Gasteiger partial charge is 0.255 e. The molecule has 0 aromatic heterocycles. The molecule has 3 aromatic carbocycles. The number of ether oxygens (including phenoxy) is 2. The Kier molecular flexibility index (Phi) is 4.99. The van der Waals surface area contributed by atoms with Gasteiger partial charge in [-0.3, -0.25) is 9.59 Å². The van der Waals surface area contributed by atoms with Crippen LogP contribution in [0, 0.1) is 12.7 Å². The van der Waals surface area contributed by atoms with Crippen molar-refractivity contribution in [1.29, 1.82) is 0 Å². The molecule has 0 saturated heterocycles. The summed E-state index contributed by atoms with van der Waals surface area (Å²) in [7, 11) is 0. The van der Waals surface area contributed by atoms with Crippen molar-refractivity contribution in [2.24, 2.45) is 0 Å². The van der Waals surface area contributed by atoms with Gasteiger partial charge in [0.2, 0.25) is 0 Å². The molecule has 0 spiro atoms. The summed E-state index contributed by atoms with van der Waals surface area (Å²) in [4.78, 5) is 25.8. The Morgan fingerprint density at radius 3 is 2.28 bits per heavy atom. The van der Waals surface area contributed by atoms with Crippen LogP contribution in [0.3, 0.4) is 0 Å². The molecule has 1 aliphatic rings. The fourth-order valence-corrected chi connectivity index (χ4v) is 3.06. The zero-order valence-corrected chi connectivity index (χ0v) is 15.7. The van der Waals surface area contributed by atoms with Crippen molar-refractivity contribution in [2.75, 3.05) is 18.5 Å². The molecule has 1 N–H and O–H groups in total. The average molecular weight is 391 g/mol. The van der Waals surface area contributed by atoms with Crippen LogP contribution in [0.2, 0.25) is 0 Å². The molecule has 6 heteroatoms. The van der Waals surface area contributed by atoms with Gasteiger partial charge in [-0.25, -0.2) is 4.39 Å². The van der Waals surface area contributed by atoms with Gasteiger partial charge in [0.25, 0.3) is 5.91 Å². The number of nitrogens with one attached hydrogen (secondary N) is 1. The van der Waals surface area contributed by atoms with E-state index >= 15 is 0 Å². The molecule has 3 aromatic rings. The van der Waals surface area contributed by atoms with E-state index < -0.39 is 11.7 Å². The first-order chi connectivity index (χ1) is 14.0. The predicted octanol–water partition coefficient (Wildman–Crippen LogP) is 4.39. The van der Waals surface area contributed by atoms with Crippen molar-refractivity contribution in [3.8, 4) is 11.5 Å². The molecular weight excluding hydrogens is 373 g/mol. The number of carbonyl (C=O) groups excluding carboxylic acids is 2. The zero-order valence-electron chi connectivity index (χ0n) is 15.7. The third-order valence-corrected chi connectivity index (χ3v) is 4.58. The minimum atomic E-state index is -0.529. The van der Waals surface area contributed by atoms with Crippen LogP contribution in [0.1, 0.15) is 31.8 Å². The van der Waals surface area contributed by atoms with Crippen molar-refractivity contribution >= 4 is 17.4 Å². The summed E-state index contributed by atoms with van der Waals surface area (Å²) in [5.41, 5.74) is 2.20. The van der Waals surface area contributed by atoms with Gasteiger partial charge in [0, 0.05) is 17.2 Å². The second kappa shape index (κ2) is 7.75. The Hall–Kier alpha value is -3.67. The molecule has 0 bridgehead atoms. The SMILES string of the molecule is Cc1ccc(C(=O)c2cc3c(cc2NC(=O)c2cccc(F)c2)OCCO3)cc1. The standard InChI is InChI=1S/C23H18FNO4/c1-14-5-7-15(8-6-14)22(26)18-12-20-21(29-10-9-28-20)13-19(18)25-23(27)16-3-2-4-17(24)11-16/h2-8,11-13H,9-10H2,1H3,(H,25,27). The van der Waals surface area contributed by atoms with E-state index in [1.54, 1.807) is 24.3 Å². The number of ketones is 1. The summed E-state index contributed by atoms with van der Waals surface area (Å²) in [5.74, 6) is -0.437. The molecule has 1 amide bonds. The number of aryl methyl sites for hydroxylation is 1. The van der Waals surface area contributed by atoms with Crippen LogP contribution in [-0.4, -0.2) is 24.9 Å². The highest BCUT2D eigenvalue weighted by molar-refractivity contribution is 6.15. The van der Waals surface area contributed by atoms with E-state index in [2.05, 4.69) is 5.32 Å². The first-order valence-electron chi connectivity index (χ1n) is 9.13. The van der Waals surface area contributed by atoms with Gasteiger partial charge in [-0.15, -0.1) is 0 Å². The van der Waals surface area contributed by atoms with E-state index in [1.165, 1.54) is 18.2 Å². The van der Waals surface area contributed by atoms with E-state index in [4.69, 9.17) is 9.47 Å². The first-order valence-corrected chi connectivity index (χ1v) is 9.13. The number of fused-ring (bicyclic) bond motifs is 1. The lowest BCUT2D eigenvalue weighted by atomic mass is 9.99. The molecule has 4 rings (SSSR count). The summed E-state index contributed by atoms with van der Waals surface area (Å²) in [6, 6.07) is 15.6. The predicted molar refractivity (Wildman–Crippen MR) is 106 cm³/mol. The summed E-state index contributed by atoms with van der Waals surface area (Å²) in [6.07, 6.45) is 0. The minimum absolute atomic E-state index is 0.147. The van der Waals surface area contributed by atoms with Crippen LogP contribution >= 0.6 is 0 Å². The van der Waals surface area contributed by atoms with Gasteiger partial charge in [-0.2, -0.15) is 0 Å². The molecule has 0 atom stereocenters. The molecule has 1 heterocycles. The van der Waals surface area contributed by atoms with Gasteiger partial charge in [0.05, 0.1) is 11.3 Å². The molecular formula is C23H18FNO4. The highest BCUT2D eigenvalue weighted by Gasteiger charge is 2.22.